The van der Waals surface area contributed by atoms with Gasteiger partial charge in [0.15, 0.2) is 11.5 Å². The number of aromatic nitrogens is 2. The number of amides is 1. The molecule has 0 bridgehead atoms. The van der Waals surface area contributed by atoms with Crippen molar-refractivity contribution in [1.29, 1.82) is 0 Å². The second kappa shape index (κ2) is 9.08. The van der Waals surface area contributed by atoms with E-state index in [9.17, 15) is 4.79 Å². The van der Waals surface area contributed by atoms with Crippen LogP contribution in [-0.2, 0) is 6.54 Å². The van der Waals surface area contributed by atoms with Crippen molar-refractivity contribution in [2.24, 2.45) is 0 Å². The fourth-order valence-electron chi connectivity index (χ4n) is 2.97. The number of para-hydroxylation sites is 1. The van der Waals surface area contributed by atoms with Gasteiger partial charge in [0.1, 0.15) is 0 Å². The van der Waals surface area contributed by atoms with Gasteiger partial charge >= 0.3 is 0 Å². The summed E-state index contributed by atoms with van der Waals surface area (Å²) in [4.78, 5) is 14.7. The highest BCUT2D eigenvalue weighted by Crippen LogP contribution is 2.28. The smallest absolute Gasteiger partial charge is 0.257 e. The maximum Gasteiger partial charge on any atom is 0.257 e. The molecule has 3 rings (SSSR count). The summed E-state index contributed by atoms with van der Waals surface area (Å²) in [6, 6.07) is 15.5. The van der Waals surface area contributed by atoms with Crippen LogP contribution in [0.1, 0.15) is 29.8 Å². The zero-order chi connectivity index (χ0) is 19.9. The molecule has 0 unspecified atom stereocenters. The summed E-state index contributed by atoms with van der Waals surface area (Å²) in [6.07, 6.45) is 3.37. The molecule has 0 N–H and O–H groups in total. The molecule has 6 nitrogen and oxygen atoms in total. The number of methoxy groups -OCH3 is 1. The van der Waals surface area contributed by atoms with E-state index in [0.29, 0.717) is 36.8 Å². The molecule has 0 aliphatic rings. The molecule has 146 valence electrons. The van der Waals surface area contributed by atoms with Crippen LogP contribution < -0.4 is 9.47 Å². The van der Waals surface area contributed by atoms with Crippen molar-refractivity contribution in [3.63, 3.8) is 0 Å². The highest BCUT2D eigenvalue weighted by Gasteiger charge is 2.18. The van der Waals surface area contributed by atoms with E-state index in [1.165, 1.54) is 0 Å². The normalized spacial score (nSPS) is 10.5. The monoisotopic (exact) mass is 379 g/mol. The molecule has 1 amide bonds. The Bertz CT molecular complexity index is 922. The lowest BCUT2D eigenvalue weighted by molar-refractivity contribution is 0.0752. The summed E-state index contributed by atoms with van der Waals surface area (Å²) in [5.74, 6) is 1.31. The number of hydrogen-bond acceptors (Lipinski definition) is 4. The summed E-state index contributed by atoms with van der Waals surface area (Å²) >= 11 is 0. The molecule has 0 atom stereocenters. The van der Waals surface area contributed by atoms with Crippen molar-refractivity contribution in [2.45, 2.75) is 20.4 Å². The summed E-state index contributed by atoms with van der Waals surface area (Å²) in [6.45, 7) is 5.53. The topological polar surface area (TPSA) is 56.6 Å². The molecule has 0 saturated heterocycles. The molecule has 2 aromatic carbocycles. The number of rotatable bonds is 8. The van der Waals surface area contributed by atoms with Gasteiger partial charge in [0.2, 0.25) is 0 Å². The van der Waals surface area contributed by atoms with E-state index < -0.39 is 0 Å². The predicted molar refractivity (Wildman–Crippen MR) is 108 cm³/mol. The average molecular weight is 379 g/mol. The molecule has 28 heavy (non-hydrogen) atoms. The molecular formula is C22H25N3O3. The van der Waals surface area contributed by atoms with Crippen LogP contribution in [0.3, 0.4) is 0 Å². The number of hydrogen-bond donors (Lipinski definition) is 0. The number of carbonyl (C=O) groups excluding carboxylic acids is 1. The predicted octanol–water partition coefficient (Wildman–Crippen LogP) is 3.94. The first kappa shape index (κ1) is 19.5. The molecule has 0 aliphatic heterocycles. The summed E-state index contributed by atoms with van der Waals surface area (Å²) in [5, 5.41) is 4.32. The molecule has 0 radical (unpaired) electrons. The van der Waals surface area contributed by atoms with Gasteiger partial charge in [-0.05, 0) is 43.7 Å². The Morgan fingerprint density at radius 2 is 1.89 bits per heavy atom. The minimum atomic E-state index is -0.0578. The molecule has 0 fully saturated rings. The van der Waals surface area contributed by atoms with Gasteiger partial charge in [0.05, 0.1) is 31.2 Å². The van der Waals surface area contributed by atoms with E-state index in [4.69, 9.17) is 9.47 Å². The van der Waals surface area contributed by atoms with Gasteiger partial charge in [0, 0.05) is 19.3 Å². The molecule has 1 heterocycles. The van der Waals surface area contributed by atoms with Crippen LogP contribution in [0.4, 0.5) is 0 Å². The van der Waals surface area contributed by atoms with Gasteiger partial charge in [-0.2, -0.15) is 5.10 Å². The first-order valence-corrected chi connectivity index (χ1v) is 9.35. The van der Waals surface area contributed by atoms with Gasteiger partial charge < -0.3 is 14.4 Å². The number of benzene rings is 2. The third kappa shape index (κ3) is 4.34. The zero-order valence-corrected chi connectivity index (χ0v) is 16.5. The van der Waals surface area contributed by atoms with Crippen LogP contribution in [-0.4, -0.2) is 40.8 Å². The fraction of sp³-hybridized carbons (Fsp3) is 0.273. The maximum absolute atomic E-state index is 13.0. The van der Waals surface area contributed by atoms with E-state index in [2.05, 4.69) is 5.10 Å². The molecule has 0 aliphatic carbocycles. The Morgan fingerprint density at radius 1 is 1.11 bits per heavy atom. The SMILES string of the molecule is CCOc1ccc(CN(CC)C(=O)c2cnn(-c3ccccc3)c2)cc1OC. The van der Waals surface area contributed by atoms with Crippen molar-refractivity contribution in [3.8, 4) is 17.2 Å². The Balaban J connectivity index is 1.76. The van der Waals surface area contributed by atoms with Crippen molar-refractivity contribution in [3.05, 3.63) is 72.1 Å². The quantitative estimate of drug-likeness (QED) is 0.595. The fourth-order valence-corrected chi connectivity index (χ4v) is 2.97. The zero-order valence-electron chi connectivity index (χ0n) is 16.5. The lowest BCUT2D eigenvalue weighted by atomic mass is 10.1. The van der Waals surface area contributed by atoms with E-state index in [1.807, 2.05) is 62.4 Å². The minimum absolute atomic E-state index is 0.0578. The van der Waals surface area contributed by atoms with Gasteiger partial charge in [0.25, 0.3) is 5.91 Å². The van der Waals surface area contributed by atoms with Crippen molar-refractivity contribution < 1.29 is 14.3 Å². The van der Waals surface area contributed by atoms with Gasteiger partial charge in [-0.1, -0.05) is 24.3 Å². The lowest BCUT2D eigenvalue weighted by Gasteiger charge is -2.21. The second-order valence-electron chi connectivity index (χ2n) is 6.25. The Hall–Kier alpha value is -3.28. The summed E-state index contributed by atoms with van der Waals surface area (Å²) in [7, 11) is 1.61. The largest absolute Gasteiger partial charge is 0.493 e. The maximum atomic E-state index is 13.0. The summed E-state index contributed by atoms with van der Waals surface area (Å²) in [5.41, 5.74) is 2.45. The highest BCUT2D eigenvalue weighted by atomic mass is 16.5. The average Bonchev–Trinajstić information content (AvgIpc) is 3.23. The summed E-state index contributed by atoms with van der Waals surface area (Å²) < 4.78 is 12.7. The van der Waals surface area contributed by atoms with E-state index in [0.717, 1.165) is 11.3 Å². The number of nitrogens with zero attached hydrogens (tertiary/aromatic N) is 3. The van der Waals surface area contributed by atoms with Gasteiger partial charge in [-0.3, -0.25) is 4.79 Å². The third-order valence-corrected chi connectivity index (χ3v) is 4.42. The number of ether oxygens (including phenoxy) is 2. The van der Waals surface area contributed by atoms with Crippen molar-refractivity contribution in [1.82, 2.24) is 14.7 Å². The number of carbonyl (C=O) groups is 1. The first-order valence-electron chi connectivity index (χ1n) is 9.35. The van der Waals surface area contributed by atoms with Crippen LogP contribution in [0.5, 0.6) is 11.5 Å². The van der Waals surface area contributed by atoms with Crippen LogP contribution in [0.2, 0.25) is 0 Å². The standard InChI is InChI=1S/C22H25N3O3/c1-4-24(15-17-11-12-20(28-5-2)21(13-17)27-3)22(26)18-14-23-25(16-18)19-9-7-6-8-10-19/h6-14,16H,4-5,15H2,1-3H3. The van der Waals surface area contributed by atoms with E-state index in [-0.39, 0.29) is 5.91 Å². The van der Waals surface area contributed by atoms with Crippen LogP contribution >= 0.6 is 0 Å². The highest BCUT2D eigenvalue weighted by molar-refractivity contribution is 5.93. The van der Waals surface area contributed by atoms with Crippen LogP contribution in [0.15, 0.2) is 60.9 Å². The van der Waals surface area contributed by atoms with E-state index >= 15 is 0 Å². The first-order chi connectivity index (χ1) is 13.7. The molecule has 0 spiro atoms. The minimum Gasteiger partial charge on any atom is -0.493 e. The second-order valence-corrected chi connectivity index (χ2v) is 6.25. The van der Waals surface area contributed by atoms with Crippen LogP contribution in [0.25, 0.3) is 5.69 Å². The molecule has 6 heteroatoms. The molecule has 0 saturated carbocycles. The van der Waals surface area contributed by atoms with Gasteiger partial charge in [-0.25, -0.2) is 4.68 Å². The Labute approximate surface area is 165 Å². The Morgan fingerprint density at radius 3 is 2.57 bits per heavy atom. The molecular weight excluding hydrogens is 354 g/mol. The Kier molecular flexibility index (Phi) is 6.32. The van der Waals surface area contributed by atoms with Crippen LogP contribution in [0, 0.1) is 0 Å². The molecule has 1 aromatic heterocycles. The lowest BCUT2D eigenvalue weighted by Crippen LogP contribution is -2.30. The van der Waals surface area contributed by atoms with Gasteiger partial charge in [-0.15, -0.1) is 0 Å². The molecule has 3 aromatic rings. The van der Waals surface area contributed by atoms with E-state index in [1.54, 1.807) is 29.1 Å². The third-order valence-electron chi connectivity index (χ3n) is 4.42. The van der Waals surface area contributed by atoms with Crippen molar-refractivity contribution >= 4 is 5.91 Å². The van der Waals surface area contributed by atoms with Crippen molar-refractivity contribution in [2.75, 3.05) is 20.3 Å².